The van der Waals surface area contributed by atoms with Crippen LogP contribution in [0.1, 0.15) is 28.9 Å². The van der Waals surface area contributed by atoms with Gasteiger partial charge in [-0.05, 0) is 55.4 Å². The molecule has 0 bridgehead atoms. The summed E-state index contributed by atoms with van der Waals surface area (Å²) in [5, 5.41) is 5.56. The van der Waals surface area contributed by atoms with Gasteiger partial charge < -0.3 is 20.4 Å². The Hall–Kier alpha value is -3.71. The maximum atomic E-state index is 14.1. The van der Waals surface area contributed by atoms with Gasteiger partial charge in [-0.25, -0.2) is 4.39 Å². The molecule has 2 N–H and O–H groups in total. The third kappa shape index (κ3) is 6.25. The summed E-state index contributed by atoms with van der Waals surface area (Å²) in [6.45, 7) is 5.20. The van der Waals surface area contributed by atoms with E-state index < -0.39 is 6.04 Å². The molecule has 4 rings (SSSR count). The molecule has 35 heavy (non-hydrogen) atoms. The monoisotopic (exact) mass is 474 g/mol. The predicted molar refractivity (Wildman–Crippen MR) is 137 cm³/mol. The molecular formula is C28H31FN4O2. The molecule has 3 aromatic carbocycles. The zero-order chi connectivity index (χ0) is 24.8. The topological polar surface area (TPSA) is 64.7 Å². The number of rotatable bonds is 7. The third-order valence-electron chi connectivity index (χ3n) is 6.34. The fourth-order valence-corrected chi connectivity index (χ4v) is 4.29. The van der Waals surface area contributed by atoms with Gasteiger partial charge in [0.05, 0.1) is 12.6 Å². The van der Waals surface area contributed by atoms with Gasteiger partial charge in [0, 0.05) is 43.0 Å². The summed E-state index contributed by atoms with van der Waals surface area (Å²) in [5.41, 5.74) is 4.22. The summed E-state index contributed by atoms with van der Waals surface area (Å²) >= 11 is 0. The second-order valence-electron chi connectivity index (χ2n) is 8.91. The van der Waals surface area contributed by atoms with Gasteiger partial charge in [-0.2, -0.15) is 0 Å². The van der Waals surface area contributed by atoms with Crippen molar-refractivity contribution in [1.82, 2.24) is 15.5 Å². The van der Waals surface area contributed by atoms with Crippen molar-refractivity contribution >= 4 is 17.5 Å². The molecule has 182 valence electrons. The highest BCUT2D eigenvalue weighted by molar-refractivity contribution is 5.96. The first-order chi connectivity index (χ1) is 16.9. The Labute approximate surface area is 205 Å². The van der Waals surface area contributed by atoms with E-state index in [-0.39, 0.29) is 24.2 Å². The lowest BCUT2D eigenvalue weighted by Crippen LogP contribution is -2.45. The van der Waals surface area contributed by atoms with Gasteiger partial charge in [0.15, 0.2) is 0 Å². The summed E-state index contributed by atoms with van der Waals surface area (Å²) in [7, 11) is 2.08. The molecule has 1 fully saturated rings. The number of hydrogen-bond acceptors (Lipinski definition) is 4. The van der Waals surface area contributed by atoms with Gasteiger partial charge >= 0.3 is 0 Å². The highest BCUT2D eigenvalue weighted by Gasteiger charge is 2.21. The van der Waals surface area contributed by atoms with Crippen molar-refractivity contribution in [1.29, 1.82) is 0 Å². The molecule has 7 heteroatoms. The van der Waals surface area contributed by atoms with Gasteiger partial charge in [-0.3, -0.25) is 9.59 Å². The maximum Gasteiger partial charge on any atom is 0.251 e. The van der Waals surface area contributed by atoms with E-state index in [1.165, 1.54) is 12.1 Å². The Bertz CT molecular complexity index is 1160. The maximum absolute atomic E-state index is 14.1. The molecule has 0 aliphatic carbocycles. The van der Waals surface area contributed by atoms with Crippen molar-refractivity contribution in [3.8, 4) is 11.1 Å². The van der Waals surface area contributed by atoms with Crippen molar-refractivity contribution in [3.05, 3.63) is 89.7 Å². The smallest absolute Gasteiger partial charge is 0.251 e. The molecule has 1 heterocycles. The summed E-state index contributed by atoms with van der Waals surface area (Å²) < 4.78 is 14.1. The molecule has 6 nitrogen and oxygen atoms in total. The number of carbonyl (C=O) groups excluding carboxylic acids is 2. The number of hydrogen-bond donors (Lipinski definition) is 2. The number of nitrogens with zero attached hydrogens (tertiary/aromatic N) is 2. The molecule has 3 aromatic rings. The SMILES string of the molecule is CC(NC(=O)CNC(=O)c1ccc(-c2ccccc2)cc1)c1cc(F)ccc1N1CCN(C)CC1. The molecule has 1 aliphatic rings. The average molecular weight is 475 g/mol. The van der Waals surface area contributed by atoms with E-state index in [1.807, 2.05) is 49.4 Å². The number of piperazine rings is 1. The van der Waals surface area contributed by atoms with Crippen LogP contribution in [-0.4, -0.2) is 56.5 Å². The van der Waals surface area contributed by atoms with Crippen LogP contribution in [0.3, 0.4) is 0 Å². The Kier molecular flexibility index (Phi) is 7.77. The second-order valence-corrected chi connectivity index (χ2v) is 8.91. The van der Waals surface area contributed by atoms with Crippen LogP contribution in [0.4, 0.5) is 10.1 Å². The van der Waals surface area contributed by atoms with Crippen molar-refractivity contribution < 1.29 is 14.0 Å². The van der Waals surface area contributed by atoms with Crippen LogP contribution in [-0.2, 0) is 4.79 Å². The Balaban J connectivity index is 1.34. The number of carbonyl (C=O) groups is 2. The van der Waals surface area contributed by atoms with Gasteiger partial charge in [-0.15, -0.1) is 0 Å². The molecule has 0 aromatic heterocycles. The molecule has 2 amide bonds. The molecule has 1 aliphatic heterocycles. The second kappa shape index (κ2) is 11.1. The Morgan fingerprint density at radius 1 is 0.914 bits per heavy atom. The first kappa shape index (κ1) is 24.4. The van der Waals surface area contributed by atoms with E-state index in [0.717, 1.165) is 48.6 Å². The lowest BCUT2D eigenvalue weighted by molar-refractivity contribution is -0.120. The average Bonchev–Trinajstić information content (AvgIpc) is 2.88. The van der Waals surface area contributed by atoms with E-state index in [2.05, 4.69) is 27.5 Å². The zero-order valence-electron chi connectivity index (χ0n) is 20.1. The summed E-state index contributed by atoms with van der Waals surface area (Å²) in [6, 6.07) is 21.5. The minimum Gasteiger partial charge on any atom is -0.369 e. The largest absolute Gasteiger partial charge is 0.369 e. The summed E-state index contributed by atoms with van der Waals surface area (Å²) in [4.78, 5) is 29.6. The molecule has 0 radical (unpaired) electrons. The van der Waals surface area contributed by atoms with Crippen LogP contribution < -0.4 is 15.5 Å². The molecular weight excluding hydrogens is 443 g/mol. The Morgan fingerprint density at radius 3 is 2.26 bits per heavy atom. The predicted octanol–water partition coefficient (Wildman–Crippen LogP) is 3.85. The van der Waals surface area contributed by atoms with Crippen LogP contribution in [0.2, 0.25) is 0 Å². The van der Waals surface area contributed by atoms with E-state index in [1.54, 1.807) is 18.2 Å². The standard InChI is InChI=1S/C28H31FN4O2/c1-20(25-18-24(29)12-13-26(25)33-16-14-32(2)15-17-33)31-27(34)19-30-28(35)23-10-8-22(9-11-23)21-6-4-3-5-7-21/h3-13,18,20H,14-17,19H2,1-2H3,(H,30,35)(H,31,34). The van der Waals surface area contributed by atoms with Gasteiger partial charge in [0.1, 0.15) is 5.82 Å². The quantitative estimate of drug-likeness (QED) is 0.546. The minimum atomic E-state index is -0.407. The first-order valence-electron chi connectivity index (χ1n) is 11.9. The van der Waals surface area contributed by atoms with Crippen LogP contribution in [0, 0.1) is 5.82 Å². The molecule has 0 spiro atoms. The first-order valence-corrected chi connectivity index (χ1v) is 11.9. The summed E-state index contributed by atoms with van der Waals surface area (Å²) in [6.07, 6.45) is 0. The molecule has 1 saturated heterocycles. The fraction of sp³-hybridized carbons (Fsp3) is 0.286. The van der Waals surface area contributed by atoms with Crippen molar-refractivity contribution in [2.24, 2.45) is 0 Å². The van der Waals surface area contributed by atoms with E-state index >= 15 is 0 Å². The highest BCUT2D eigenvalue weighted by atomic mass is 19.1. The Morgan fingerprint density at radius 2 is 1.57 bits per heavy atom. The molecule has 0 saturated carbocycles. The fourth-order valence-electron chi connectivity index (χ4n) is 4.29. The lowest BCUT2D eigenvalue weighted by Gasteiger charge is -2.36. The van der Waals surface area contributed by atoms with E-state index in [9.17, 15) is 14.0 Å². The zero-order valence-corrected chi connectivity index (χ0v) is 20.1. The minimum absolute atomic E-state index is 0.164. The van der Waals surface area contributed by atoms with Gasteiger partial charge in [-0.1, -0.05) is 42.5 Å². The molecule has 1 atom stereocenters. The van der Waals surface area contributed by atoms with Crippen molar-refractivity contribution in [2.45, 2.75) is 13.0 Å². The number of nitrogens with one attached hydrogen (secondary N) is 2. The number of likely N-dealkylation sites (N-methyl/N-ethyl adjacent to an activating group) is 1. The van der Waals surface area contributed by atoms with Gasteiger partial charge in [0.2, 0.25) is 5.91 Å². The van der Waals surface area contributed by atoms with Crippen molar-refractivity contribution in [3.63, 3.8) is 0 Å². The summed E-state index contributed by atoms with van der Waals surface area (Å²) in [5.74, 6) is -0.997. The van der Waals surface area contributed by atoms with E-state index in [4.69, 9.17) is 0 Å². The van der Waals surface area contributed by atoms with E-state index in [0.29, 0.717) is 5.56 Å². The normalized spacial score (nSPS) is 14.9. The van der Waals surface area contributed by atoms with Crippen LogP contribution in [0.5, 0.6) is 0 Å². The van der Waals surface area contributed by atoms with Crippen LogP contribution in [0.15, 0.2) is 72.8 Å². The van der Waals surface area contributed by atoms with Crippen LogP contribution in [0.25, 0.3) is 11.1 Å². The number of amides is 2. The van der Waals surface area contributed by atoms with Gasteiger partial charge in [0.25, 0.3) is 5.91 Å². The number of anilines is 1. The van der Waals surface area contributed by atoms with Crippen LogP contribution >= 0.6 is 0 Å². The highest BCUT2D eigenvalue weighted by Crippen LogP contribution is 2.28. The van der Waals surface area contributed by atoms with Crippen molar-refractivity contribution in [2.75, 3.05) is 44.7 Å². The molecule has 1 unspecified atom stereocenters. The third-order valence-corrected chi connectivity index (χ3v) is 6.34. The number of halogens is 1. The number of benzene rings is 3. The lowest BCUT2D eigenvalue weighted by atomic mass is 10.0.